The van der Waals surface area contributed by atoms with Crippen LogP contribution in [0.25, 0.3) is 0 Å². The molecular weight excluding hydrogens is 304 g/mol. The van der Waals surface area contributed by atoms with Crippen LogP contribution in [0.4, 0.5) is 9.59 Å². The third-order valence-corrected chi connectivity index (χ3v) is 3.65. The summed E-state index contributed by atoms with van der Waals surface area (Å²) in [6.07, 6.45) is 4.83. The lowest BCUT2D eigenvalue weighted by Crippen LogP contribution is -2.34. The molecule has 0 N–H and O–H groups in total. The molecule has 6 nitrogen and oxygen atoms in total. The van der Waals surface area contributed by atoms with Crippen molar-refractivity contribution in [3.05, 3.63) is 12.2 Å². The van der Waals surface area contributed by atoms with Crippen LogP contribution in [0.3, 0.4) is 0 Å². The van der Waals surface area contributed by atoms with Crippen molar-refractivity contribution < 1.29 is 28.5 Å². The van der Waals surface area contributed by atoms with Gasteiger partial charge in [0.1, 0.15) is 19.0 Å². The summed E-state index contributed by atoms with van der Waals surface area (Å²) >= 11 is 4.61. The summed E-state index contributed by atoms with van der Waals surface area (Å²) in [7, 11) is 0. The molecule has 1 heterocycles. The summed E-state index contributed by atoms with van der Waals surface area (Å²) in [4.78, 5) is 22.3. The number of rotatable bonds is 2. The highest BCUT2D eigenvalue weighted by Gasteiger charge is 2.35. The Morgan fingerprint density at radius 3 is 2.20 bits per heavy atom. The molecule has 2 rings (SSSR count). The SMILES string of the molecule is CSC(=O)OC1/C=C/C(OC(=O)S)CC2OCOC2C1. The lowest BCUT2D eigenvalue weighted by Gasteiger charge is -2.26. The van der Waals surface area contributed by atoms with Crippen LogP contribution in [0.2, 0.25) is 0 Å². The minimum absolute atomic E-state index is 0.180. The smallest absolute Gasteiger partial charge is 0.367 e. The molecule has 0 aromatic carbocycles. The molecule has 1 aliphatic heterocycles. The van der Waals surface area contributed by atoms with E-state index in [0.717, 1.165) is 11.8 Å². The molecule has 20 heavy (non-hydrogen) atoms. The molecule has 2 aliphatic rings. The van der Waals surface area contributed by atoms with E-state index in [-0.39, 0.29) is 24.3 Å². The first-order chi connectivity index (χ1) is 9.58. The maximum atomic E-state index is 11.4. The van der Waals surface area contributed by atoms with Gasteiger partial charge in [0, 0.05) is 12.8 Å². The number of fused-ring (bicyclic) bond motifs is 1. The van der Waals surface area contributed by atoms with Crippen LogP contribution in [0.5, 0.6) is 0 Å². The highest BCUT2D eigenvalue weighted by molar-refractivity contribution is 8.12. The van der Waals surface area contributed by atoms with Crippen LogP contribution in [-0.2, 0) is 18.9 Å². The predicted molar refractivity (Wildman–Crippen MR) is 76.0 cm³/mol. The third-order valence-electron chi connectivity index (χ3n) is 3.12. The summed E-state index contributed by atoms with van der Waals surface area (Å²) < 4.78 is 21.3. The Labute approximate surface area is 126 Å². The fourth-order valence-corrected chi connectivity index (χ4v) is 2.56. The third kappa shape index (κ3) is 4.41. The molecule has 0 bridgehead atoms. The minimum Gasteiger partial charge on any atom is -0.450 e. The molecule has 1 aliphatic carbocycles. The number of thioether (sulfide) groups is 1. The maximum Gasteiger partial charge on any atom is 0.367 e. The van der Waals surface area contributed by atoms with Gasteiger partial charge < -0.3 is 18.9 Å². The number of ether oxygens (including phenoxy) is 4. The van der Waals surface area contributed by atoms with Gasteiger partial charge in [-0.15, -0.1) is 0 Å². The molecule has 1 fully saturated rings. The van der Waals surface area contributed by atoms with Gasteiger partial charge in [-0.2, -0.15) is 0 Å². The van der Waals surface area contributed by atoms with E-state index in [0.29, 0.717) is 12.8 Å². The molecule has 8 heteroatoms. The van der Waals surface area contributed by atoms with Crippen LogP contribution in [-0.4, -0.2) is 48.1 Å². The standard InChI is InChI=1S/C12H16O6S2/c1-20-12(14)18-8-3-2-7(17-11(13)19)4-9-10(5-8)16-6-15-9/h2-3,7-10H,4-6H2,1H3,(H,13,19)/b3-2+. The molecular formula is C12H16O6S2. The van der Waals surface area contributed by atoms with Crippen LogP contribution >= 0.6 is 24.4 Å². The van der Waals surface area contributed by atoms with Gasteiger partial charge in [-0.1, -0.05) is 12.6 Å². The van der Waals surface area contributed by atoms with Crippen molar-refractivity contribution in [2.45, 2.75) is 37.3 Å². The average molecular weight is 320 g/mol. The normalized spacial score (nSPS) is 34.5. The van der Waals surface area contributed by atoms with E-state index in [1.165, 1.54) is 0 Å². The molecule has 0 saturated carbocycles. The molecule has 4 atom stereocenters. The molecule has 4 unspecified atom stereocenters. The molecule has 0 radical (unpaired) electrons. The Morgan fingerprint density at radius 1 is 1.15 bits per heavy atom. The van der Waals surface area contributed by atoms with E-state index in [1.807, 2.05) is 0 Å². The van der Waals surface area contributed by atoms with Crippen molar-refractivity contribution in [1.82, 2.24) is 0 Å². The zero-order valence-electron chi connectivity index (χ0n) is 10.9. The molecule has 0 amide bonds. The first-order valence-corrected chi connectivity index (χ1v) is 7.81. The van der Waals surface area contributed by atoms with Gasteiger partial charge in [-0.3, -0.25) is 0 Å². The molecule has 1 saturated heterocycles. The summed E-state index contributed by atoms with van der Waals surface area (Å²) in [6.45, 7) is 0.195. The van der Waals surface area contributed by atoms with Gasteiger partial charge in [0.25, 0.3) is 0 Å². The lowest BCUT2D eigenvalue weighted by atomic mass is 9.97. The number of hydrogen-bond acceptors (Lipinski definition) is 7. The Morgan fingerprint density at radius 2 is 1.70 bits per heavy atom. The highest BCUT2D eigenvalue weighted by atomic mass is 32.2. The number of hydrogen-bond donors (Lipinski definition) is 1. The van der Waals surface area contributed by atoms with Gasteiger partial charge in [0.05, 0.1) is 12.2 Å². The van der Waals surface area contributed by atoms with Gasteiger partial charge in [-0.05, 0) is 30.2 Å². The van der Waals surface area contributed by atoms with Crippen LogP contribution in [0.15, 0.2) is 12.2 Å². The Hall–Kier alpha value is -0.700. The van der Waals surface area contributed by atoms with Gasteiger partial charge in [-0.25, -0.2) is 9.59 Å². The Bertz CT molecular complexity index is 399. The summed E-state index contributed by atoms with van der Waals surface area (Å²) in [6, 6.07) is 0. The van der Waals surface area contributed by atoms with Gasteiger partial charge >= 0.3 is 10.6 Å². The monoisotopic (exact) mass is 320 g/mol. The van der Waals surface area contributed by atoms with Gasteiger partial charge in [0.15, 0.2) is 0 Å². The molecule has 0 spiro atoms. The number of thiol groups is 1. The number of carbonyl (C=O) groups is 2. The zero-order valence-corrected chi connectivity index (χ0v) is 12.6. The molecule has 112 valence electrons. The zero-order chi connectivity index (χ0) is 14.5. The maximum absolute atomic E-state index is 11.4. The minimum atomic E-state index is -0.659. The fourth-order valence-electron chi connectivity index (χ4n) is 2.21. The topological polar surface area (TPSA) is 71.1 Å². The second kappa shape index (κ2) is 7.35. The van der Waals surface area contributed by atoms with Crippen molar-refractivity contribution in [2.24, 2.45) is 0 Å². The van der Waals surface area contributed by atoms with E-state index in [2.05, 4.69) is 12.6 Å². The van der Waals surface area contributed by atoms with Crippen molar-refractivity contribution in [3.63, 3.8) is 0 Å². The highest BCUT2D eigenvalue weighted by Crippen LogP contribution is 2.27. The van der Waals surface area contributed by atoms with Crippen molar-refractivity contribution in [3.8, 4) is 0 Å². The molecule has 0 aromatic heterocycles. The van der Waals surface area contributed by atoms with E-state index in [9.17, 15) is 9.59 Å². The second-order valence-electron chi connectivity index (χ2n) is 4.42. The first kappa shape index (κ1) is 15.7. The van der Waals surface area contributed by atoms with Crippen LogP contribution in [0, 0.1) is 0 Å². The fraction of sp³-hybridized carbons (Fsp3) is 0.667. The summed E-state index contributed by atoms with van der Waals surface area (Å²) in [5.74, 6) is 0. The van der Waals surface area contributed by atoms with E-state index in [4.69, 9.17) is 18.9 Å². The quantitative estimate of drug-likeness (QED) is 0.476. The average Bonchev–Trinajstić information content (AvgIpc) is 2.79. The van der Waals surface area contributed by atoms with E-state index in [1.54, 1.807) is 18.4 Å². The molecule has 0 aromatic rings. The van der Waals surface area contributed by atoms with Crippen LogP contribution < -0.4 is 0 Å². The Balaban J connectivity index is 2.08. The number of carbonyl (C=O) groups excluding carboxylic acids is 2. The lowest BCUT2D eigenvalue weighted by molar-refractivity contribution is 0.0283. The Kier molecular flexibility index (Phi) is 5.76. The van der Waals surface area contributed by atoms with Gasteiger partial charge in [0.2, 0.25) is 0 Å². The summed E-state index contributed by atoms with van der Waals surface area (Å²) in [5.41, 5.74) is 0. The van der Waals surface area contributed by atoms with Crippen LogP contribution in [0.1, 0.15) is 12.8 Å². The first-order valence-electron chi connectivity index (χ1n) is 6.14. The summed E-state index contributed by atoms with van der Waals surface area (Å²) in [5, 5.41) is -1.02. The van der Waals surface area contributed by atoms with Crippen molar-refractivity contribution in [2.75, 3.05) is 13.0 Å². The second-order valence-corrected chi connectivity index (χ2v) is 5.52. The largest absolute Gasteiger partial charge is 0.450 e. The van der Waals surface area contributed by atoms with Crippen molar-refractivity contribution >= 4 is 35.0 Å². The predicted octanol–water partition coefficient (Wildman–Crippen LogP) is 2.38. The van der Waals surface area contributed by atoms with E-state index >= 15 is 0 Å². The van der Waals surface area contributed by atoms with Crippen molar-refractivity contribution in [1.29, 1.82) is 0 Å². The van der Waals surface area contributed by atoms with E-state index < -0.39 is 17.5 Å².